The maximum absolute atomic E-state index is 5.40. The van der Waals surface area contributed by atoms with Crippen LogP contribution in [0.5, 0.6) is 0 Å². The first kappa shape index (κ1) is 36.4. The summed E-state index contributed by atoms with van der Waals surface area (Å²) in [5.74, 6) is 1.10. The molecule has 12 aromatic rings. The second-order valence-electron chi connectivity index (χ2n) is 16.0. The Bertz CT molecular complexity index is 3820. The summed E-state index contributed by atoms with van der Waals surface area (Å²) in [6.45, 7) is 4.45. The normalized spacial score (nSPS) is 12.4. The standard InChI is InChI=1S/C58H39N5/c1-59-57(39-21-7-3-8-22-39)61-58(60-37-38-19-5-2-6-20-38)49-36-41(35-48-44-27-12-11-25-42(44)43-26-13-14-28-45(43)54(48)49)63-51-32-18-16-30-47(51)56-53(63)34-33-52-55(56)46-29-15-17-31-50(46)62(52)40-23-9-4-10-24-40/h2-36H,1,37H2/b60-58-,61-57-. The van der Waals surface area contributed by atoms with Gasteiger partial charge in [-0.15, -0.1) is 0 Å². The van der Waals surface area contributed by atoms with Gasteiger partial charge in [-0.1, -0.05) is 164 Å². The van der Waals surface area contributed by atoms with Crippen molar-refractivity contribution < 1.29 is 0 Å². The summed E-state index contributed by atoms with van der Waals surface area (Å²) in [6.07, 6.45) is 0. The third kappa shape index (κ3) is 5.89. The van der Waals surface area contributed by atoms with Gasteiger partial charge in [0.25, 0.3) is 0 Å². The van der Waals surface area contributed by atoms with E-state index in [0.717, 1.165) is 55.3 Å². The van der Waals surface area contributed by atoms with Crippen LogP contribution < -0.4 is 0 Å². The quantitative estimate of drug-likeness (QED) is 0.0913. The monoisotopic (exact) mass is 805 g/mol. The van der Waals surface area contributed by atoms with Crippen LogP contribution in [0.2, 0.25) is 0 Å². The van der Waals surface area contributed by atoms with E-state index in [4.69, 9.17) is 9.98 Å². The van der Waals surface area contributed by atoms with Gasteiger partial charge >= 0.3 is 0 Å². The summed E-state index contributed by atoms with van der Waals surface area (Å²) < 4.78 is 4.83. The average Bonchev–Trinajstić information content (AvgIpc) is 3.88. The van der Waals surface area contributed by atoms with Gasteiger partial charge in [0.15, 0.2) is 11.7 Å². The van der Waals surface area contributed by atoms with E-state index in [1.807, 2.05) is 36.4 Å². The molecule has 5 nitrogen and oxygen atoms in total. The predicted octanol–water partition coefficient (Wildman–Crippen LogP) is 14.4. The van der Waals surface area contributed by atoms with E-state index >= 15 is 0 Å². The molecule has 296 valence electrons. The maximum Gasteiger partial charge on any atom is 0.161 e. The van der Waals surface area contributed by atoms with Gasteiger partial charge in [0, 0.05) is 49.4 Å². The molecule has 0 radical (unpaired) electrons. The van der Waals surface area contributed by atoms with E-state index in [2.05, 4.69) is 197 Å². The molecule has 63 heavy (non-hydrogen) atoms. The minimum atomic E-state index is 0.439. The lowest BCUT2D eigenvalue weighted by atomic mass is 9.90. The van der Waals surface area contributed by atoms with Crippen LogP contribution in [0.15, 0.2) is 227 Å². The van der Waals surface area contributed by atoms with Gasteiger partial charge in [-0.25, -0.2) is 9.98 Å². The second kappa shape index (κ2) is 14.9. The van der Waals surface area contributed by atoms with Crippen LogP contribution in [0.3, 0.4) is 0 Å². The van der Waals surface area contributed by atoms with Crippen molar-refractivity contribution in [3.05, 3.63) is 229 Å². The number of para-hydroxylation sites is 3. The van der Waals surface area contributed by atoms with Gasteiger partial charge in [-0.2, -0.15) is 0 Å². The van der Waals surface area contributed by atoms with Crippen molar-refractivity contribution >= 4 is 94.3 Å². The second-order valence-corrected chi connectivity index (χ2v) is 16.0. The number of amidine groups is 2. The summed E-state index contributed by atoms with van der Waals surface area (Å²) in [5, 5.41) is 11.8. The molecule has 0 saturated carbocycles. The molecule has 0 aliphatic rings. The topological polar surface area (TPSA) is 46.9 Å². The Morgan fingerprint density at radius 1 is 0.381 bits per heavy atom. The van der Waals surface area contributed by atoms with Crippen molar-refractivity contribution in [2.45, 2.75) is 6.54 Å². The molecule has 0 aliphatic carbocycles. The minimum Gasteiger partial charge on any atom is -0.309 e. The lowest BCUT2D eigenvalue weighted by Gasteiger charge is -2.18. The Labute approximate surface area is 363 Å². The highest BCUT2D eigenvalue weighted by Crippen LogP contribution is 2.44. The SMILES string of the molecule is C=N/C(=N\C(=N/Cc1ccccc1)c1cc(-n2c3ccccc3c3c4c5ccccc5n(-c5ccccc5)c4ccc32)cc2c3ccccc3c3ccccc3c12)c1ccccc1. The average molecular weight is 806 g/mol. The van der Waals surface area contributed by atoms with Crippen molar-refractivity contribution in [3.63, 3.8) is 0 Å². The highest BCUT2D eigenvalue weighted by atomic mass is 15.0. The number of benzene rings is 10. The first-order chi connectivity index (χ1) is 31.2. The number of hydrogen-bond donors (Lipinski definition) is 0. The van der Waals surface area contributed by atoms with Crippen LogP contribution in [-0.2, 0) is 6.54 Å². The highest BCUT2D eigenvalue weighted by molar-refractivity contribution is 6.32. The molecule has 10 aromatic carbocycles. The Morgan fingerprint density at radius 3 is 1.46 bits per heavy atom. The summed E-state index contributed by atoms with van der Waals surface area (Å²) in [4.78, 5) is 15.3. The van der Waals surface area contributed by atoms with Crippen molar-refractivity contribution in [1.82, 2.24) is 9.13 Å². The van der Waals surface area contributed by atoms with Crippen LogP contribution in [-0.4, -0.2) is 27.5 Å². The zero-order valence-corrected chi connectivity index (χ0v) is 34.4. The maximum atomic E-state index is 5.40. The number of aliphatic imine (C=N–C) groups is 3. The third-order valence-corrected chi connectivity index (χ3v) is 12.5. The lowest BCUT2D eigenvalue weighted by molar-refractivity contribution is 1.06. The van der Waals surface area contributed by atoms with Crippen LogP contribution >= 0.6 is 0 Å². The largest absolute Gasteiger partial charge is 0.309 e. The molecule has 2 heterocycles. The van der Waals surface area contributed by atoms with Gasteiger partial charge < -0.3 is 9.13 Å². The van der Waals surface area contributed by atoms with E-state index in [0.29, 0.717) is 18.2 Å². The number of rotatable bonds is 6. The molecular formula is C58H39N5. The van der Waals surface area contributed by atoms with Crippen molar-refractivity contribution in [2.24, 2.45) is 15.0 Å². The summed E-state index contributed by atoms with van der Waals surface area (Å²) in [5.41, 5.74) is 9.63. The lowest BCUT2D eigenvalue weighted by Crippen LogP contribution is -2.08. The van der Waals surface area contributed by atoms with Crippen molar-refractivity contribution in [2.75, 3.05) is 0 Å². The molecule has 5 heteroatoms. The molecule has 0 unspecified atom stereocenters. The summed E-state index contributed by atoms with van der Waals surface area (Å²) in [6, 6.07) is 75.4. The predicted molar refractivity (Wildman–Crippen MR) is 267 cm³/mol. The van der Waals surface area contributed by atoms with E-state index in [9.17, 15) is 0 Å². The van der Waals surface area contributed by atoms with Gasteiger partial charge in [0.05, 0.1) is 28.6 Å². The smallest absolute Gasteiger partial charge is 0.161 e. The molecule has 2 aromatic heterocycles. The fourth-order valence-electron chi connectivity index (χ4n) is 9.78. The zero-order chi connectivity index (χ0) is 41.9. The van der Waals surface area contributed by atoms with Crippen molar-refractivity contribution in [3.8, 4) is 11.4 Å². The molecule has 0 bridgehead atoms. The number of nitrogens with zero attached hydrogens (tertiary/aromatic N) is 5. The first-order valence-corrected chi connectivity index (χ1v) is 21.3. The van der Waals surface area contributed by atoms with Gasteiger partial charge in [0.2, 0.25) is 0 Å². The fraction of sp³-hybridized carbons (Fsp3) is 0.0172. The van der Waals surface area contributed by atoms with E-state index in [1.165, 1.54) is 48.7 Å². The Kier molecular flexibility index (Phi) is 8.64. The number of hydrogen-bond acceptors (Lipinski definition) is 1. The van der Waals surface area contributed by atoms with Gasteiger partial charge in [-0.05, 0) is 87.7 Å². The van der Waals surface area contributed by atoms with Crippen molar-refractivity contribution in [1.29, 1.82) is 0 Å². The molecule has 0 amide bonds. The molecule has 0 saturated heterocycles. The van der Waals surface area contributed by atoms with Gasteiger partial charge in [-0.3, -0.25) is 4.99 Å². The van der Waals surface area contributed by atoms with E-state index < -0.39 is 0 Å². The Balaban J connectivity index is 1.23. The zero-order valence-electron chi connectivity index (χ0n) is 34.4. The van der Waals surface area contributed by atoms with Crippen LogP contribution in [0.1, 0.15) is 16.7 Å². The molecule has 0 aliphatic heterocycles. The Hall–Kier alpha value is -8.41. The van der Waals surface area contributed by atoms with Crippen LogP contribution in [0.25, 0.3) is 87.3 Å². The third-order valence-electron chi connectivity index (χ3n) is 12.5. The molecule has 0 atom stereocenters. The Morgan fingerprint density at radius 2 is 0.857 bits per heavy atom. The highest BCUT2D eigenvalue weighted by Gasteiger charge is 2.23. The molecule has 0 N–H and O–H groups in total. The molecular weight excluding hydrogens is 767 g/mol. The number of fused-ring (bicyclic) bond motifs is 13. The van der Waals surface area contributed by atoms with E-state index in [-0.39, 0.29) is 0 Å². The fourth-order valence-corrected chi connectivity index (χ4v) is 9.78. The molecule has 0 fully saturated rings. The van der Waals surface area contributed by atoms with Crippen LogP contribution in [0, 0.1) is 0 Å². The molecule has 12 rings (SSSR count). The summed E-state index contributed by atoms with van der Waals surface area (Å²) >= 11 is 0. The molecule has 0 spiro atoms. The van der Waals surface area contributed by atoms with E-state index in [1.54, 1.807) is 0 Å². The first-order valence-electron chi connectivity index (χ1n) is 21.3. The minimum absolute atomic E-state index is 0.439. The van der Waals surface area contributed by atoms with Gasteiger partial charge in [0.1, 0.15) is 0 Å². The number of aromatic nitrogens is 2. The van der Waals surface area contributed by atoms with Crippen LogP contribution in [0.4, 0.5) is 0 Å². The summed E-state index contributed by atoms with van der Waals surface area (Å²) in [7, 11) is 0.